The second-order valence-electron chi connectivity index (χ2n) is 3.62. The van der Waals surface area contributed by atoms with Crippen molar-refractivity contribution in [2.45, 2.75) is 26.0 Å². The molecule has 1 N–H and O–H groups in total. The first-order valence-corrected chi connectivity index (χ1v) is 5.81. The van der Waals surface area contributed by atoms with Gasteiger partial charge >= 0.3 is 0 Å². The van der Waals surface area contributed by atoms with Crippen LogP contribution in [0.15, 0.2) is 11.1 Å². The van der Waals surface area contributed by atoms with Crippen molar-refractivity contribution in [2.75, 3.05) is 0 Å². The highest BCUT2D eigenvalue weighted by molar-refractivity contribution is 8.15. The van der Waals surface area contributed by atoms with Crippen LogP contribution < -0.4 is 5.32 Å². The summed E-state index contributed by atoms with van der Waals surface area (Å²) < 4.78 is 0. The Hall–Kier alpha value is -1.43. The largest absolute Gasteiger partial charge is 0.304 e. The summed E-state index contributed by atoms with van der Waals surface area (Å²) >= 11 is 1.39. The van der Waals surface area contributed by atoms with Crippen molar-refractivity contribution in [2.24, 2.45) is 4.99 Å². The molecular weight excluding hydrogens is 224 g/mol. The molecular formula is C10H12N4OS. The minimum absolute atomic E-state index is 0.0203. The van der Waals surface area contributed by atoms with Gasteiger partial charge < -0.3 is 5.32 Å². The van der Waals surface area contributed by atoms with Crippen LogP contribution in [0.25, 0.3) is 0 Å². The molecule has 16 heavy (non-hydrogen) atoms. The number of amidine groups is 1. The number of aliphatic imine (C=N–C) groups is 1. The number of carbonyl (C=O) groups is 1. The van der Waals surface area contributed by atoms with Crippen LogP contribution in [0.3, 0.4) is 0 Å². The molecule has 0 aromatic carbocycles. The van der Waals surface area contributed by atoms with Crippen LogP contribution in [-0.2, 0) is 4.79 Å². The van der Waals surface area contributed by atoms with Gasteiger partial charge in [0.1, 0.15) is 0 Å². The number of aryl methyl sites for hydroxylation is 2. The van der Waals surface area contributed by atoms with Crippen LogP contribution in [0.4, 0.5) is 5.95 Å². The third kappa shape index (κ3) is 2.38. The zero-order valence-electron chi connectivity index (χ0n) is 9.31. The van der Waals surface area contributed by atoms with Gasteiger partial charge in [0.15, 0.2) is 5.17 Å². The van der Waals surface area contributed by atoms with E-state index in [1.807, 2.05) is 26.8 Å². The average molecular weight is 236 g/mol. The van der Waals surface area contributed by atoms with E-state index in [0.29, 0.717) is 11.1 Å². The summed E-state index contributed by atoms with van der Waals surface area (Å²) in [4.78, 5) is 23.8. The lowest BCUT2D eigenvalue weighted by Gasteiger charge is -1.99. The minimum atomic E-state index is -0.0929. The van der Waals surface area contributed by atoms with E-state index < -0.39 is 0 Å². The Labute approximate surface area is 97.8 Å². The topological polar surface area (TPSA) is 67.2 Å². The summed E-state index contributed by atoms with van der Waals surface area (Å²) in [5, 5.41) is 3.16. The van der Waals surface area contributed by atoms with Gasteiger partial charge in [0.05, 0.1) is 5.25 Å². The summed E-state index contributed by atoms with van der Waals surface area (Å²) in [7, 11) is 0. The van der Waals surface area contributed by atoms with E-state index >= 15 is 0 Å². The highest BCUT2D eigenvalue weighted by Gasteiger charge is 2.25. The molecule has 5 nitrogen and oxygen atoms in total. The van der Waals surface area contributed by atoms with Gasteiger partial charge in [0.25, 0.3) is 5.95 Å². The average Bonchev–Trinajstić information content (AvgIpc) is 2.43. The Morgan fingerprint density at radius 3 is 2.50 bits per heavy atom. The fourth-order valence-electron chi connectivity index (χ4n) is 1.36. The summed E-state index contributed by atoms with van der Waals surface area (Å²) in [6.45, 7) is 5.62. The molecule has 1 aliphatic heterocycles. The Kier molecular flexibility index (Phi) is 2.91. The Balaban J connectivity index is 2.26. The molecule has 1 fully saturated rings. The monoisotopic (exact) mass is 236 g/mol. The van der Waals surface area contributed by atoms with Crippen molar-refractivity contribution in [3.05, 3.63) is 17.5 Å². The maximum absolute atomic E-state index is 11.3. The Morgan fingerprint density at radius 2 is 2.00 bits per heavy atom. The molecule has 1 amide bonds. The first-order chi connectivity index (χ1) is 7.54. The van der Waals surface area contributed by atoms with E-state index in [1.165, 1.54) is 11.8 Å². The van der Waals surface area contributed by atoms with E-state index in [2.05, 4.69) is 20.3 Å². The molecule has 1 aliphatic rings. The Morgan fingerprint density at radius 1 is 1.38 bits per heavy atom. The molecule has 1 aromatic heterocycles. The standard InChI is InChI=1S/C10H12N4OS/c1-5-4-6(2)12-9(11-5)14-10-13-8(15)7(3)16-10/h4,7H,1-3H3,(H,11,12,13,14,15)/t7-/m0/s1. The van der Waals surface area contributed by atoms with Gasteiger partial charge in [0.2, 0.25) is 5.91 Å². The first-order valence-electron chi connectivity index (χ1n) is 4.93. The van der Waals surface area contributed by atoms with Crippen molar-refractivity contribution in [3.8, 4) is 0 Å². The minimum Gasteiger partial charge on any atom is -0.304 e. The number of thioether (sulfide) groups is 1. The van der Waals surface area contributed by atoms with E-state index in [4.69, 9.17) is 0 Å². The number of amides is 1. The van der Waals surface area contributed by atoms with Crippen LogP contribution in [0, 0.1) is 13.8 Å². The predicted molar refractivity (Wildman–Crippen MR) is 63.8 cm³/mol. The van der Waals surface area contributed by atoms with Crippen LogP contribution in [0.2, 0.25) is 0 Å². The highest BCUT2D eigenvalue weighted by Crippen LogP contribution is 2.20. The van der Waals surface area contributed by atoms with E-state index in [-0.39, 0.29) is 11.2 Å². The highest BCUT2D eigenvalue weighted by atomic mass is 32.2. The fourth-order valence-corrected chi connectivity index (χ4v) is 2.15. The summed E-state index contributed by atoms with van der Waals surface area (Å²) in [6.07, 6.45) is 0. The molecule has 0 spiro atoms. The maximum Gasteiger partial charge on any atom is 0.252 e. The molecule has 2 heterocycles. The third-order valence-electron chi connectivity index (χ3n) is 2.06. The molecule has 84 valence electrons. The smallest absolute Gasteiger partial charge is 0.252 e. The summed E-state index contributed by atoms with van der Waals surface area (Å²) in [6, 6.07) is 1.88. The number of hydrogen-bond acceptors (Lipinski definition) is 5. The lowest BCUT2D eigenvalue weighted by molar-refractivity contribution is -0.118. The molecule has 1 saturated heterocycles. The summed E-state index contributed by atoms with van der Waals surface area (Å²) in [5.74, 6) is 0.377. The van der Waals surface area contributed by atoms with Gasteiger partial charge in [-0.05, 0) is 26.8 Å². The van der Waals surface area contributed by atoms with Gasteiger partial charge in [-0.15, -0.1) is 0 Å². The van der Waals surface area contributed by atoms with Gasteiger partial charge in [-0.2, -0.15) is 4.99 Å². The van der Waals surface area contributed by atoms with Gasteiger partial charge in [-0.3, -0.25) is 4.79 Å². The number of nitrogens with one attached hydrogen (secondary N) is 1. The summed E-state index contributed by atoms with van der Waals surface area (Å²) in [5.41, 5.74) is 1.74. The van der Waals surface area contributed by atoms with Crippen LogP contribution in [0.5, 0.6) is 0 Å². The molecule has 0 radical (unpaired) electrons. The number of nitrogens with zero attached hydrogens (tertiary/aromatic N) is 3. The van der Waals surface area contributed by atoms with Gasteiger partial charge in [-0.1, -0.05) is 11.8 Å². The van der Waals surface area contributed by atoms with E-state index in [1.54, 1.807) is 0 Å². The van der Waals surface area contributed by atoms with E-state index in [9.17, 15) is 4.79 Å². The molecule has 0 saturated carbocycles. The normalized spacial score (nSPS) is 22.6. The number of aromatic nitrogens is 2. The van der Waals surface area contributed by atoms with Crippen molar-refractivity contribution in [1.29, 1.82) is 0 Å². The maximum atomic E-state index is 11.3. The predicted octanol–water partition coefficient (Wildman–Crippen LogP) is 1.33. The molecule has 1 aromatic rings. The van der Waals surface area contributed by atoms with Crippen molar-refractivity contribution >= 4 is 28.8 Å². The van der Waals surface area contributed by atoms with E-state index in [0.717, 1.165) is 11.4 Å². The number of rotatable bonds is 1. The van der Waals surface area contributed by atoms with Crippen molar-refractivity contribution in [1.82, 2.24) is 15.3 Å². The molecule has 2 rings (SSSR count). The van der Waals surface area contributed by atoms with Crippen molar-refractivity contribution < 1.29 is 4.79 Å². The zero-order valence-corrected chi connectivity index (χ0v) is 10.1. The molecule has 0 aliphatic carbocycles. The third-order valence-corrected chi connectivity index (χ3v) is 3.04. The number of hydrogen-bond donors (Lipinski definition) is 1. The van der Waals surface area contributed by atoms with Crippen LogP contribution in [0.1, 0.15) is 18.3 Å². The SMILES string of the molecule is Cc1cc(C)nc(N=C2NC(=O)[C@H](C)S2)n1. The fraction of sp³-hybridized carbons (Fsp3) is 0.400. The van der Waals surface area contributed by atoms with Gasteiger partial charge in [-0.25, -0.2) is 9.97 Å². The second kappa shape index (κ2) is 4.21. The molecule has 0 bridgehead atoms. The lowest BCUT2D eigenvalue weighted by atomic mass is 10.4. The second-order valence-corrected chi connectivity index (χ2v) is 4.95. The quantitative estimate of drug-likeness (QED) is 0.798. The zero-order chi connectivity index (χ0) is 11.7. The van der Waals surface area contributed by atoms with Crippen molar-refractivity contribution in [3.63, 3.8) is 0 Å². The molecule has 1 atom stereocenters. The van der Waals surface area contributed by atoms with Crippen LogP contribution in [-0.4, -0.2) is 26.3 Å². The number of carbonyl (C=O) groups excluding carboxylic acids is 1. The van der Waals surface area contributed by atoms with Crippen LogP contribution >= 0.6 is 11.8 Å². The molecule has 0 unspecified atom stereocenters. The lowest BCUT2D eigenvalue weighted by Crippen LogP contribution is -2.23. The Bertz CT molecular complexity index is 452. The van der Waals surface area contributed by atoms with Gasteiger partial charge in [0, 0.05) is 11.4 Å². The first kappa shape index (κ1) is 11.1. The molecule has 6 heteroatoms.